The molecule has 0 aromatic rings. The Morgan fingerprint density at radius 3 is 2.48 bits per heavy atom. The topological polar surface area (TPSA) is 77.8 Å². The zero-order chi connectivity index (χ0) is 22.8. The summed E-state index contributed by atoms with van der Waals surface area (Å²) in [4.78, 5) is 11.9. The zero-order valence-electron chi connectivity index (χ0n) is 19.7. The molecular weight excluding hydrogens is 388 g/mol. The van der Waals surface area contributed by atoms with E-state index in [1.54, 1.807) is 6.92 Å². The molecule has 0 amide bonds. The first-order chi connectivity index (χ1) is 14.5. The molecule has 3 N–H and O–H groups in total. The number of fused-ring (bicyclic) bond motifs is 5. The molecule has 31 heavy (non-hydrogen) atoms. The van der Waals surface area contributed by atoms with Gasteiger partial charge in [-0.25, -0.2) is 0 Å². The Hall–Kier alpha value is -0.970. The second-order valence-corrected chi connectivity index (χ2v) is 11.6. The molecule has 4 nitrogen and oxygen atoms in total. The summed E-state index contributed by atoms with van der Waals surface area (Å²) in [6.07, 6.45) is 6.66. The first-order valence-corrected chi connectivity index (χ1v) is 12.5. The summed E-state index contributed by atoms with van der Waals surface area (Å²) in [5.74, 6) is 1.87. The molecule has 174 valence electrons. The fraction of sp³-hybridized carbons (Fsp3) is 0.815. The fourth-order valence-corrected chi connectivity index (χ4v) is 8.52. The molecule has 9 atom stereocenters. The standard InChI is InChI=1S/C27H42O4/c1-6-22(28)23(29)11-14-27(31)13-10-20-19-8-7-18-15-24(30)16(2)17(3)26(18,5)21(19)9-12-25(20,27)4/h18-21,23-24,29-31H,2-3,6-15H2,1,4-5H3/t18?,19-,20-,21+,23?,24?,25-,26-,27?/m0/s1. The summed E-state index contributed by atoms with van der Waals surface area (Å²) in [5, 5.41) is 32.5. The van der Waals surface area contributed by atoms with E-state index >= 15 is 0 Å². The zero-order valence-corrected chi connectivity index (χ0v) is 19.7. The maximum absolute atomic E-state index is 11.9. The van der Waals surface area contributed by atoms with Crippen LogP contribution in [0, 0.1) is 34.5 Å². The second kappa shape index (κ2) is 7.81. The van der Waals surface area contributed by atoms with Crippen molar-refractivity contribution in [1.82, 2.24) is 0 Å². The largest absolute Gasteiger partial charge is 0.389 e. The Bertz CT molecular complexity index is 773. The number of carbonyl (C=O) groups excluding carboxylic acids is 1. The molecule has 4 aliphatic rings. The molecule has 4 fully saturated rings. The van der Waals surface area contributed by atoms with Crippen LogP contribution in [0.5, 0.6) is 0 Å². The molecule has 0 heterocycles. The van der Waals surface area contributed by atoms with E-state index in [2.05, 4.69) is 27.0 Å². The SMILES string of the molecule is C=C1C(=C)[C@@]2(C)C(CC[C@@H]3[C@H]2CC[C@@]2(C)[C@H]3CCC2(O)CCC(O)C(=O)CC)CC1O. The second-order valence-electron chi connectivity index (χ2n) is 11.6. The molecule has 0 saturated heterocycles. The highest BCUT2D eigenvalue weighted by molar-refractivity contribution is 5.82. The van der Waals surface area contributed by atoms with E-state index in [9.17, 15) is 20.1 Å². The summed E-state index contributed by atoms with van der Waals surface area (Å²) >= 11 is 0. The highest BCUT2D eigenvalue weighted by Crippen LogP contribution is 2.69. The summed E-state index contributed by atoms with van der Waals surface area (Å²) in [6, 6.07) is 0. The maximum atomic E-state index is 11.9. The van der Waals surface area contributed by atoms with Gasteiger partial charge in [0.1, 0.15) is 6.10 Å². The van der Waals surface area contributed by atoms with Crippen molar-refractivity contribution in [2.75, 3.05) is 0 Å². The minimum Gasteiger partial charge on any atom is -0.389 e. The molecule has 0 radical (unpaired) electrons. The van der Waals surface area contributed by atoms with Gasteiger partial charge in [-0.05, 0) is 103 Å². The molecule has 4 rings (SSSR count). The van der Waals surface area contributed by atoms with Crippen molar-refractivity contribution in [2.45, 2.75) is 103 Å². The lowest BCUT2D eigenvalue weighted by Gasteiger charge is -2.62. The van der Waals surface area contributed by atoms with Crippen molar-refractivity contribution >= 4 is 5.78 Å². The summed E-state index contributed by atoms with van der Waals surface area (Å²) < 4.78 is 0. The van der Waals surface area contributed by atoms with Gasteiger partial charge in [0.15, 0.2) is 5.78 Å². The highest BCUT2D eigenvalue weighted by atomic mass is 16.3. The van der Waals surface area contributed by atoms with Gasteiger partial charge in [0.05, 0.1) is 11.7 Å². The normalized spacial score (nSPS) is 48.0. The van der Waals surface area contributed by atoms with E-state index in [0.29, 0.717) is 42.9 Å². The minimum absolute atomic E-state index is 0.00892. The van der Waals surface area contributed by atoms with Gasteiger partial charge in [-0.3, -0.25) is 4.79 Å². The average Bonchev–Trinajstić information content (AvgIpc) is 3.02. The number of Topliss-reactive ketones (excluding diaryl/α,β-unsaturated/α-hetero) is 1. The smallest absolute Gasteiger partial charge is 0.160 e. The molecule has 4 unspecified atom stereocenters. The molecule has 0 aliphatic heterocycles. The molecule has 0 bridgehead atoms. The highest BCUT2D eigenvalue weighted by Gasteiger charge is 2.65. The van der Waals surface area contributed by atoms with Gasteiger partial charge in [0.2, 0.25) is 0 Å². The van der Waals surface area contributed by atoms with Crippen LogP contribution in [-0.4, -0.2) is 38.9 Å². The Kier molecular flexibility index (Phi) is 5.85. The van der Waals surface area contributed by atoms with E-state index in [4.69, 9.17) is 0 Å². The first-order valence-electron chi connectivity index (χ1n) is 12.5. The first kappa shape index (κ1) is 23.2. The number of rotatable bonds is 5. The van der Waals surface area contributed by atoms with Crippen LogP contribution in [0.15, 0.2) is 24.3 Å². The quantitative estimate of drug-likeness (QED) is 0.597. The number of hydrogen-bond donors (Lipinski definition) is 3. The van der Waals surface area contributed by atoms with Crippen LogP contribution in [0.25, 0.3) is 0 Å². The van der Waals surface area contributed by atoms with Crippen LogP contribution in [0.2, 0.25) is 0 Å². The minimum atomic E-state index is -0.953. The van der Waals surface area contributed by atoms with E-state index in [1.165, 1.54) is 0 Å². The number of aliphatic hydroxyl groups is 3. The molecule has 4 saturated carbocycles. The van der Waals surface area contributed by atoms with Crippen LogP contribution in [0.3, 0.4) is 0 Å². The van der Waals surface area contributed by atoms with E-state index in [-0.39, 0.29) is 16.6 Å². The maximum Gasteiger partial charge on any atom is 0.160 e. The van der Waals surface area contributed by atoms with Crippen LogP contribution in [-0.2, 0) is 4.79 Å². The van der Waals surface area contributed by atoms with Crippen molar-refractivity contribution < 1.29 is 20.1 Å². The van der Waals surface area contributed by atoms with Crippen molar-refractivity contribution in [2.24, 2.45) is 34.5 Å². The van der Waals surface area contributed by atoms with E-state index in [0.717, 1.165) is 56.1 Å². The lowest BCUT2D eigenvalue weighted by Crippen LogP contribution is -2.57. The van der Waals surface area contributed by atoms with Gasteiger partial charge in [0.25, 0.3) is 0 Å². The predicted molar refractivity (Wildman–Crippen MR) is 122 cm³/mol. The number of ketones is 1. The summed E-state index contributed by atoms with van der Waals surface area (Å²) in [5.41, 5.74) is 0.900. The van der Waals surface area contributed by atoms with Gasteiger partial charge >= 0.3 is 0 Å². The van der Waals surface area contributed by atoms with Crippen LogP contribution < -0.4 is 0 Å². The molecule has 4 aliphatic carbocycles. The molecule has 0 spiro atoms. The third kappa shape index (κ3) is 3.23. The molecule has 4 heteroatoms. The number of hydrogen-bond acceptors (Lipinski definition) is 4. The van der Waals surface area contributed by atoms with E-state index in [1.807, 2.05) is 0 Å². The number of carbonyl (C=O) groups is 1. The third-order valence-electron chi connectivity index (χ3n) is 10.7. The predicted octanol–water partition coefficient (Wildman–Crippen LogP) is 4.57. The Balaban J connectivity index is 1.56. The Labute approximate surface area is 187 Å². The van der Waals surface area contributed by atoms with Crippen LogP contribution >= 0.6 is 0 Å². The van der Waals surface area contributed by atoms with Crippen molar-refractivity contribution in [3.05, 3.63) is 24.3 Å². The summed E-state index contributed by atoms with van der Waals surface area (Å²) in [6.45, 7) is 15.0. The fourth-order valence-electron chi connectivity index (χ4n) is 8.52. The average molecular weight is 431 g/mol. The number of aliphatic hydroxyl groups excluding tert-OH is 2. The lowest BCUT2D eigenvalue weighted by atomic mass is 9.43. The van der Waals surface area contributed by atoms with Crippen molar-refractivity contribution in [1.29, 1.82) is 0 Å². The van der Waals surface area contributed by atoms with Crippen LogP contribution in [0.4, 0.5) is 0 Å². The Morgan fingerprint density at radius 1 is 1.13 bits per heavy atom. The van der Waals surface area contributed by atoms with Crippen LogP contribution in [0.1, 0.15) is 85.0 Å². The van der Waals surface area contributed by atoms with Gasteiger partial charge < -0.3 is 15.3 Å². The van der Waals surface area contributed by atoms with Gasteiger partial charge in [-0.15, -0.1) is 0 Å². The lowest BCUT2D eigenvalue weighted by molar-refractivity contribution is -0.148. The summed E-state index contributed by atoms with van der Waals surface area (Å²) in [7, 11) is 0. The molecule has 0 aromatic heterocycles. The third-order valence-corrected chi connectivity index (χ3v) is 10.7. The van der Waals surface area contributed by atoms with Crippen molar-refractivity contribution in [3.8, 4) is 0 Å². The van der Waals surface area contributed by atoms with Gasteiger partial charge in [-0.1, -0.05) is 33.9 Å². The Morgan fingerprint density at radius 2 is 1.81 bits per heavy atom. The van der Waals surface area contributed by atoms with E-state index < -0.39 is 17.8 Å². The van der Waals surface area contributed by atoms with Crippen molar-refractivity contribution in [3.63, 3.8) is 0 Å². The van der Waals surface area contributed by atoms with Gasteiger partial charge in [-0.2, -0.15) is 0 Å². The molecule has 0 aromatic carbocycles. The monoisotopic (exact) mass is 430 g/mol. The molecular formula is C27H42O4. The van der Waals surface area contributed by atoms with Gasteiger partial charge in [0, 0.05) is 6.42 Å².